The van der Waals surface area contributed by atoms with Crippen LogP contribution in [0.5, 0.6) is 23.0 Å². The van der Waals surface area contributed by atoms with Gasteiger partial charge in [0.25, 0.3) is 0 Å². The Morgan fingerprint density at radius 1 is 0.742 bits per heavy atom. The van der Waals surface area contributed by atoms with Crippen molar-refractivity contribution >= 4 is 11.0 Å². The summed E-state index contributed by atoms with van der Waals surface area (Å²) in [6.45, 7) is 0.238. The minimum absolute atomic E-state index is 0.227. The van der Waals surface area contributed by atoms with Crippen molar-refractivity contribution < 1.29 is 23.4 Å². The molecule has 158 valence electrons. The second-order valence-electron chi connectivity index (χ2n) is 6.75. The zero-order chi connectivity index (χ0) is 21.8. The molecule has 6 heteroatoms. The first kappa shape index (κ1) is 20.3. The van der Waals surface area contributed by atoms with E-state index >= 15 is 0 Å². The van der Waals surface area contributed by atoms with Gasteiger partial charge >= 0.3 is 0 Å². The van der Waals surface area contributed by atoms with Crippen LogP contribution in [0.4, 0.5) is 0 Å². The van der Waals surface area contributed by atoms with E-state index in [1.165, 1.54) is 27.4 Å². The van der Waals surface area contributed by atoms with Crippen LogP contribution in [0.15, 0.2) is 75.9 Å². The average molecular weight is 418 g/mol. The highest BCUT2D eigenvalue weighted by Crippen LogP contribution is 2.50. The molecule has 0 N–H and O–H groups in total. The van der Waals surface area contributed by atoms with Crippen molar-refractivity contribution in [3.8, 4) is 34.3 Å². The van der Waals surface area contributed by atoms with Crippen LogP contribution in [0.3, 0.4) is 0 Å². The maximum absolute atomic E-state index is 13.2. The number of benzene rings is 3. The van der Waals surface area contributed by atoms with E-state index in [1.54, 1.807) is 0 Å². The number of hydrogen-bond acceptors (Lipinski definition) is 6. The molecule has 6 nitrogen and oxygen atoms in total. The third-order valence-electron chi connectivity index (χ3n) is 4.90. The van der Waals surface area contributed by atoms with E-state index in [0.29, 0.717) is 5.76 Å². The van der Waals surface area contributed by atoms with Crippen LogP contribution in [0, 0.1) is 0 Å². The summed E-state index contributed by atoms with van der Waals surface area (Å²) in [5, 5.41) is 0.227. The van der Waals surface area contributed by atoms with Crippen molar-refractivity contribution in [1.82, 2.24) is 0 Å². The minimum Gasteiger partial charge on any atom is -0.490 e. The fourth-order valence-electron chi connectivity index (χ4n) is 3.46. The molecule has 0 spiro atoms. The van der Waals surface area contributed by atoms with Crippen LogP contribution in [-0.4, -0.2) is 21.3 Å². The summed E-state index contributed by atoms with van der Waals surface area (Å²) in [6.07, 6.45) is 0. The van der Waals surface area contributed by atoms with Gasteiger partial charge in [-0.25, -0.2) is 0 Å². The van der Waals surface area contributed by atoms with Gasteiger partial charge in [-0.15, -0.1) is 0 Å². The van der Waals surface area contributed by atoms with Gasteiger partial charge in [-0.1, -0.05) is 60.7 Å². The molecule has 0 radical (unpaired) electrons. The molecular formula is C25H22O6. The second-order valence-corrected chi connectivity index (χ2v) is 6.75. The highest BCUT2D eigenvalue weighted by Gasteiger charge is 2.27. The van der Waals surface area contributed by atoms with Gasteiger partial charge in [0.2, 0.25) is 17.2 Å². The van der Waals surface area contributed by atoms with E-state index in [4.69, 9.17) is 23.4 Å². The molecule has 0 amide bonds. The van der Waals surface area contributed by atoms with Crippen molar-refractivity contribution in [2.24, 2.45) is 0 Å². The van der Waals surface area contributed by atoms with Gasteiger partial charge in [-0.2, -0.15) is 0 Å². The zero-order valence-corrected chi connectivity index (χ0v) is 17.5. The Kier molecular flexibility index (Phi) is 5.80. The molecule has 4 rings (SSSR count). The van der Waals surface area contributed by atoms with Crippen LogP contribution in [0.1, 0.15) is 5.56 Å². The van der Waals surface area contributed by atoms with Crippen molar-refractivity contribution in [3.63, 3.8) is 0 Å². The maximum atomic E-state index is 13.2. The van der Waals surface area contributed by atoms with Crippen LogP contribution in [-0.2, 0) is 6.61 Å². The lowest BCUT2D eigenvalue weighted by Gasteiger charge is -2.19. The van der Waals surface area contributed by atoms with E-state index in [1.807, 2.05) is 60.7 Å². The molecule has 3 aromatic carbocycles. The Morgan fingerprint density at radius 3 is 1.94 bits per heavy atom. The molecule has 0 aliphatic heterocycles. The van der Waals surface area contributed by atoms with Crippen LogP contribution >= 0.6 is 0 Å². The summed E-state index contributed by atoms with van der Waals surface area (Å²) in [6, 6.07) is 20.5. The number of rotatable bonds is 7. The molecule has 0 bridgehead atoms. The normalized spacial score (nSPS) is 10.7. The molecule has 1 aromatic heterocycles. The van der Waals surface area contributed by atoms with Gasteiger partial charge in [-0.05, 0) is 5.56 Å². The molecule has 1 heterocycles. The third-order valence-corrected chi connectivity index (χ3v) is 4.90. The van der Waals surface area contributed by atoms with E-state index < -0.39 is 0 Å². The lowest BCUT2D eigenvalue weighted by atomic mass is 10.1. The van der Waals surface area contributed by atoms with Gasteiger partial charge in [0.15, 0.2) is 16.8 Å². The summed E-state index contributed by atoms with van der Waals surface area (Å²) in [5.41, 5.74) is 1.67. The first-order valence-corrected chi connectivity index (χ1v) is 9.69. The topological polar surface area (TPSA) is 67.1 Å². The standard InChI is InChI=1S/C25H22O6/c1-27-23-21(30-15-16-10-6-4-7-11-16)20-18(26)14-19(17-12-8-5-9-13-17)31-22(20)24(28-2)25(23)29-3/h4-14H,15H2,1-3H3. The largest absolute Gasteiger partial charge is 0.490 e. The van der Waals surface area contributed by atoms with E-state index in [2.05, 4.69) is 0 Å². The Balaban J connectivity index is 1.97. The summed E-state index contributed by atoms with van der Waals surface area (Å²) < 4.78 is 28.9. The molecule has 0 saturated carbocycles. The predicted octanol–water partition coefficient (Wildman–Crippen LogP) is 5.06. The number of hydrogen-bond donors (Lipinski definition) is 0. The summed E-state index contributed by atoms with van der Waals surface area (Å²) >= 11 is 0. The van der Waals surface area contributed by atoms with Crippen LogP contribution in [0.25, 0.3) is 22.3 Å². The molecule has 0 aliphatic carbocycles. The van der Waals surface area contributed by atoms with E-state index in [9.17, 15) is 4.79 Å². The average Bonchev–Trinajstić information content (AvgIpc) is 2.82. The van der Waals surface area contributed by atoms with E-state index in [0.717, 1.165) is 11.1 Å². The smallest absolute Gasteiger partial charge is 0.211 e. The van der Waals surface area contributed by atoms with Crippen molar-refractivity contribution in [1.29, 1.82) is 0 Å². The lowest BCUT2D eigenvalue weighted by Crippen LogP contribution is -2.08. The fourth-order valence-corrected chi connectivity index (χ4v) is 3.46. The quantitative estimate of drug-likeness (QED) is 0.418. The Labute approximate surface area is 179 Å². The van der Waals surface area contributed by atoms with Gasteiger partial charge in [0.05, 0.1) is 21.3 Å². The second kappa shape index (κ2) is 8.83. The molecular weight excluding hydrogens is 396 g/mol. The first-order valence-electron chi connectivity index (χ1n) is 9.69. The van der Waals surface area contributed by atoms with Crippen molar-refractivity contribution in [3.05, 3.63) is 82.5 Å². The monoisotopic (exact) mass is 418 g/mol. The highest BCUT2D eigenvalue weighted by molar-refractivity contribution is 5.95. The Hall–Kier alpha value is -3.93. The minimum atomic E-state index is -0.276. The SMILES string of the molecule is COc1c(OC)c(OCc2ccccc2)c2c(=O)cc(-c3ccccc3)oc2c1OC. The van der Waals surface area contributed by atoms with Gasteiger partial charge in [0.1, 0.15) is 17.8 Å². The maximum Gasteiger partial charge on any atom is 0.211 e. The Morgan fingerprint density at radius 2 is 1.32 bits per heavy atom. The highest BCUT2D eigenvalue weighted by atomic mass is 16.5. The molecule has 0 atom stereocenters. The summed E-state index contributed by atoms with van der Waals surface area (Å²) in [5.74, 6) is 1.47. The third kappa shape index (κ3) is 3.80. The summed E-state index contributed by atoms with van der Waals surface area (Å²) in [7, 11) is 4.46. The summed E-state index contributed by atoms with van der Waals surface area (Å²) in [4.78, 5) is 13.2. The van der Waals surface area contributed by atoms with Crippen LogP contribution in [0.2, 0.25) is 0 Å². The molecule has 0 saturated heterocycles. The van der Waals surface area contributed by atoms with Gasteiger partial charge < -0.3 is 23.4 Å². The predicted molar refractivity (Wildman–Crippen MR) is 118 cm³/mol. The molecule has 0 unspecified atom stereocenters. The number of fused-ring (bicyclic) bond motifs is 1. The number of ether oxygens (including phenoxy) is 4. The van der Waals surface area contributed by atoms with Crippen LogP contribution < -0.4 is 24.4 Å². The van der Waals surface area contributed by atoms with Crippen molar-refractivity contribution in [2.45, 2.75) is 6.61 Å². The van der Waals surface area contributed by atoms with Gasteiger partial charge in [0, 0.05) is 11.6 Å². The van der Waals surface area contributed by atoms with E-state index in [-0.39, 0.29) is 46.0 Å². The van der Waals surface area contributed by atoms with Gasteiger partial charge in [-0.3, -0.25) is 4.79 Å². The molecule has 0 fully saturated rings. The fraction of sp³-hybridized carbons (Fsp3) is 0.160. The Bertz CT molecular complexity index is 1250. The zero-order valence-electron chi connectivity index (χ0n) is 17.5. The first-order chi connectivity index (χ1) is 15.2. The molecule has 31 heavy (non-hydrogen) atoms. The number of methoxy groups -OCH3 is 3. The molecule has 4 aromatic rings. The lowest BCUT2D eigenvalue weighted by molar-refractivity contribution is 0.272. The molecule has 0 aliphatic rings. The van der Waals surface area contributed by atoms with Crippen molar-refractivity contribution in [2.75, 3.05) is 21.3 Å².